The van der Waals surface area contributed by atoms with E-state index in [9.17, 15) is 4.79 Å². The van der Waals surface area contributed by atoms with Crippen LogP contribution in [-0.4, -0.2) is 12.6 Å². The van der Waals surface area contributed by atoms with Crippen molar-refractivity contribution in [1.29, 1.82) is 0 Å². The van der Waals surface area contributed by atoms with Gasteiger partial charge in [0, 0.05) is 9.49 Å². The molecule has 2 rings (SSSR count). The molecule has 1 unspecified atom stereocenters. The molecule has 0 saturated carbocycles. The van der Waals surface area contributed by atoms with Crippen LogP contribution >= 0.6 is 22.6 Å². The molecule has 1 saturated heterocycles. The molecule has 0 N–H and O–H groups in total. The predicted molar refractivity (Wildman–Crippen MR) is 57.5 cm³/mol. The number of benzene rings is 1. The Kier molecular flexibility index (Phi) is 2.53. The molecule has 1 heterocycles. The van der Waals surface area contributed by atoms with Crippen LogP contribution in [0.15, 0.2) is 24.3 Å². The van der Waals surface area contributed by atoms with Gasteiger partial charge in [0.1, 0.15) is 0 Å². The fraction of sp³-hybridized carbons (Fsp3) is 0.300. The van der Waals surface area contributed by atoms with Gasteiger partial charge in [0.05, 0.1) is 13.0 Å². The normalized spacial score (nSPS) is 21.6. The fourth-order valence-corrected chi connectivity index (χ4v) is 1.82. The van der Waals surface area contributed by atoms with Gasteiger partial charge in [-0.3, -0.25) is 4.79 Å². The van der Waals surface area contributed by atoms with Crippen LogP contribution in [0, 0.1) is 3.57 Å². The van der Waals surface area contributed by atoms with Crippen LogP contribution in [0.5, 0.6) is 0 Å². The van der Waals surface area contributed by atoms with Gasteiger partial charge >= 0.3 is 5.97 Å². The summed E-state index contributed by atoms with van der Waals surface area (Å²) >= 11 is 2.27. The Bertz CT molecular complexity index is 318. The Morgan fingerprint density at radius 2 is 2.00 bits per heavy atom. The van der Waals surface area contributed by atoms with E-state index in [0.29, 0.717) is 13.0 Å². The first-order chi connectivity index (χ1) is 6.25. The molecule has 0 aliphatic carbocycles. The van der Waals surface area contributed by atoms with Gasteiger partial charge < -0.3 is 4.74 Å². The molecule has 3 heteroatoms. The summed E-state index contributed by atoms with van der Waals surface area (Å²) < 4.78 is 6.12. The Morgan fingerprint density at radius 3 is 2.54 bits per heavy atom. The van der Waals surface area contributed by atoms with E-state index < -0.39 is 0 Å². The van der Waals surface area contributed by atoms with Gasteiger partial charge in [-0.15, -0.1) is 0 Å². The molecule has 0 aromatic heterocycles. The summed E-state index contributed by atoms with van der Waals surface area (Å²) in [4.78, 5) is 10.9. The second-order valence-electron chi connectivity index (χ2n) is 3.14. The van der Waals surface area contributed by atoms with Crippen molar-refractivity contribution in [3.05, 3.63) is 33.4 Å². The first-order valence-corrected chi connectivity index (χ1v) is 5.24. The quantitative estimate of drug-likeness (QED) is 0.585. The summed E-state index contributed by atoms with van der Waals surface area (Å²) in [5.41, 5.74) is 1.20. The molecule has 1 fully saturated rings. The van der Waals surface area contributed by atoms with Crippen molar-refractivity contribution in [3.63, 3.8) is 0 Å². The number of cyclic esters (lactones) is 1. The number of ether oxygens (including phenoxy) is 1. The van der Waals surface area contributed by atoms with Crippen LogP contribution in [0.25, 0.3) is 0 Å². The van der Waals surface area contributed by atoms with Crippen LogP contribution < -0.4 is 0 Å². The number of rotatable bonds is 1. The van der Waals surface area contributed by atoms with Crippen LogP contribution in [-0.2, 0) is 9.53 Å². The molecule has 1 aliphatic rings. The molecule has 68 valence electrons. The zero-order chi connectivity index (χ0) is 9.26. The Balaban J connectivity index is 2.17. The minimum atomic E-state index is -0.0800. The minimum Gasteiger partial charge on any atom is -0.465 e. The lowest BCUT2D eigenvalue weighted by Crippen LogP contribution is -1.96. The van der Waals surface area contributed by atoms with E-state index >= 15 is 0 Å². The second-order valence-corrected chi connectivity index (χ2v) is 4.38. The van der Waals surface area contributed by atoms with Gasteiger partial charge in [-0.25, -0.2) is 0 Å². The van der Waals surface area contributed by atoms with Gasteiger partial charge in [-0.1, -0.05) is 12.1 Å². The predicted octanol–water partition coefficient (Wildman–Crippen LogP) is 2.32. The SMILES string of the molecule is O=C1CC(c2ccc(I)cc2)CO1. The number of carbonyl (C=O) groups excluding carboxylic acids is 1. The van der Waals surface area contributed by atoms with Crippen molar-refractivity contribution in [2.24, 2.45) is 0 Å². The van der Waals surface area contributed by atoms with E-state index in [1.165, 1.54) is 9.13 Å². The lowest BCUT2D eigenvalue weighted by molar-refractivity contribution is -0.137. The second kappa shape index (κ2) is 3.65. The maximum absolute atomic E-state index is 10.9. The maximum atomic E-state index is 10.9. The number of hydrogen-bond donors (Lipinski definition) is 0. The first-order valence-electron chi connectivity index (χ1n) is 4.17. The summed E-state index contributed by atoms with van der Waals surface area (Å²) in [5, 5.41) is 0. The zero-order valence-corrected chi connectivity index (χ0v) is 9.15. The first kappa shape index (κ1) is 8.99. The molecule has 0 amide bonds. The largest absolute Gasteiger partial charge is 0.465 e. The lowest BCUT2D eigenvalue weighted by Gasteiger charge is -2.05. The Morgan fingerprint density at radius 1 is 1.31 bits per heavy atom. The summed E-state index contributed by atoms with van der Waals surface area (Å²) in [5.74, 6) is 0.188. The molecule has 2 nitrogen and oxygen atoms in total. The molecule has 1 aliphatic heterocycles. The maximum Gasteiger partial charge on any atom is 0.306 e. The third-order valence-corrected chi connectivity index (χ3v) is 2.92. The van der Waals surface area contributed by atoms with Crippen LogP contribution in [0.3, 0.4) is 0 Å². The Labute approximate surface area is 90.4 Å². The molecule has 13 heavy (non-hydrogen) atoms. The molecule has 1 atom stereocenters. The molecule has 1 aromatic carbocycles. The third kappa shape index (κ3) is 2.02. The minimum absolute atomic E-state index is 0.0800. The van der Waals surface area contributed by atoms with Crippen molar-refractivity contribution < 1.29 is 9.53 Å². The standard InChI is InChI=1S/C10H9IO2/c11-9-3-1-7(2-4-9)8-5-10(12)13-6-8/h1-4,8H,5-6H2. The molecule has 0 radical (unpaired) electrons. The zero-order valence-electron chi connectivity index (χ0n) is 7.00. The average Bonchev–Trinajstić information content (AvgIpc) is 2.53. The lowest BCUT2D eigenvalue weighted by atomic mass is 9.99. The third-order valence-electron chi connectivity index (χ3n) is 2.20. The number of halogens is 1. The highest BCUT2D eigenvalue weighted by molar-refractivity contribution is 14.1. The summed E-state index contributed by atoms with van der Waals surface area (Å²) in [6.45, 7) is 0.541. The molecule has 0 bridgehead atoms. The molecular weight excluding hydrogens is 279 g/mol. The number of hydrogen-bond acceptors (Lipinski definition) is 2. The molecular formula is C10H9IO2. The van der Waals surface area contributed by atoms with Crippen molar-refractivity contribution in [1.82, 2.24) is 0 Å². The van der Waals surface area contributed by atoms with Crippen LogP contribution in [0.4, 0.5) is 0 Å². The van der Waals surface area contributed by atoms with Crippen LogP contribution in [0.2, 0.25) is 0 Å². The number of carbonyl (C=O) groups is 1. The highest BCUT2D eigenvalue weighted by Crippen LogP contribution is 2.26. The average molecular weight is 288 g/mol. The van der Waals surface area contributed by atoms with E-state index in [2.05, 4.69) is 46.9 Å². The van der Waals surface area contributed by atoms with Crippen molar-refractivity contribution in [2.45, 2.75) is 12.3 Å². The van der Waals surface area contributed by atoms with Gasteiger partial charge in [-0.2, -0.15) is 0 Å². The van der Waals surface area contributed by atoms with Crippen molar-refractivity contribution >= 4 is 28.6 Å². The van der Waals surface area contributed by atoms with E-state index in [4.69, 9.17) is 4.74 Å². The monoisotopic (exact) mass is 288 g/mol. The van der Waals surface area contributed by atoms with E-state index in [0.717, 1.165) is 0 Å². The molecule has 1 aromatic rings. The summed E-state index contributed by atoms with van der Waals surface area (Å²) in [6, 6.07) is 8.24. The van der Waals surface area contributed by atoms with Crippen molar-refractivity contribution in [2.75, 3.05) is 6.61 Å². The number of esters is 1. The summed E-state index contributed by atoms with van der Waals surface area (Å²) in [7, 11) is 0. The topological polar surface area (TPSA) is 26.3 Å². The highest BCUT2D eigenvalue weighted by Gasteiger charge is 2.24. The van der Waals surface area contributed by atoms with Gasteiger partial charge in [0.2, 0.25) is 0 Å². The van der Waals surface area contributed by atoms with Crippen molar-refractivity contribution in [3.8, 4) is 0 Å². The van der Waals surface area contributed by atoms with E-state index in [1.54, 1.807) is 0 Å². The Hall–Kier alpha value is -0.580. The van der Waals surface area contributed by atoms with Gasteiger partial charge in [0.15, 0.2) is 0 Å². The summed E-state index contributed by atoms with van der Waals surface area (Å²) in [6.07, 6.45) is 0.528. The fourth-order valence-electron chi connectivity index (χ4n) is 1.46. The van der Waals surface area contributed by atoms with Gasteiger partial charge in [0.25, 0.3) is 0 Å². The van der Waals surface area contributed by atoms with E-state index in [-0.39, 0.29) is 11.9 Å². The van der Waals surface area contributed by atoms with Gasteiger partial charge in [-0.05, 0) is 40.3 Å². The smallest absolute Gasteiger partial charge is 0.306 e. The van der Waals surface area contributed by atoms with Crippen LogP contribution in [0.1, 0.15) is 17.9 Å². The highest BCUT2D eigenvalue weighted by atomic mass is 127. The van der Waals surface area contributed by atoms with E-state index in [1.807, 2.05) is 0 Å². The molecule has 0 spiro atoms.